The maximum Gasteiger partial charge on any atom is 0.352 e. The highest BCUT2D eigenvalue weighted by Crippen LogP contribution is 2.20. The standard InChI is InChI=1S/C14H11ClN6O4/c1-20-14(24)21-6-16-11(12(21)18-19-20)13(23)17-10-3-8(5-25-7-22)2-9(15)4-10/h2-4,6-7H,5H2,1H3,(H,17,23). The smallest absolute Gasteiger partial charge is 0.352 e. The summed E-state index contributed by atoms with van der Waals surface area (Å²) >= 11 is 5.99. The number of nitrogens with one attached hydrogen (secondary N) is 1. The second-order valence-corrected chi connectivity index (χ2v) is 5.43. The molecule has 1 amide bonds. The van der Waals surface area contributed by atoms with Crippen LogP contribution in [-0.2, 0) is 23.2 Å². The van der Waals surface area contributed by atoms with Gasteiger partial charge in [0.2, 0.25) is 0 Å². The van der Waals surface area contributed by atoms with Crippen LogP contribution in [0.25, 0.3) is 5.65 Å². The minimum Gasteiger partial charge on any atom is -0.463 e. The largest absolute Gasteiger partial charge is 0.463 e. The Morgan fingerprint density at radius 2 is 2.20 bits per heavy atom. The summed E-state index contributed by atoms with van der Waals surface area (Å²) in [6.07, 6.45) is 1.20. The summed E-state index contributed by atoms with van der Waals surface area (Å²) in [7, 11) is 1.43. The Morgan fingerprint density at radius 3 is 2.96 bits per heavy atom. The van der Waals surface area contributed by atoms with E-state index in [0.29, 0.717) is 22.7 Å². The molecule has 0 spiro atoms. The van der Waals surface area contributed by atoms with E-state index in [4.69, 9.17) is 11.6 Å². The normalized spacial score (nSPS) is 10.6. The first-order chi connectivity index (χ1) is 12.0. The van der Waals surface area contributed by atoms with Gasteiger partial charge in [0, 0.05) is 17.8 Å². The Hall–Kier alpha value is -3.27. The number of hydrogen-bond donors (Lipinski definition) is 1. The fourth-order valence-electron chi connectivity index (χ4n) is 2.17. The number of nitrogens with zero attached hydrogens (tertiary/aromatic N) is 5. The molecule has 0 aliphatic carbocycles. The summed E-state index contributed by atoms with van der Waals surface area (Å²) in [6, 6.07) is 4.71. The van der Waals surface area contributed by atoms with E-state index in [9.17, 15) is 14.4 Å². The van der Waals surface area contributed by atoms with Crippen molar-refractivity contribution in [2.45, 2.75) is 6.61 Å². The number of anilines is 1. The number of aryl methyl sites for hydroxylation is 1. The van der Waals surface area contributed by atoms with Crippen molar-refractivity contribution in [3.8, 4) is 0 Å². The predicted molar refractivity (Wildman–Crippen MR) is 86.3 cm³/mol. The van der Waals surface area contributed by atoms with Gasteiger partial charge in [-0.25, -0.2) is 14.2 Å². The number of carbonyl (C=O) groups excluding carboxylic acids is 2. The molecule has 2 aromatic heterocycles. The zero-order valence-electron chi connectivity index (χ0n) is 12.8. The van der Waals surface area contributed by atoms with Crippen LogP contribution >= 0.6 is 11.6 Å². The van der Waals surface area contributed by atoms with Crippen LogP contribution < -0.4 is 11.0 Å². The number of carbonyl (C=O) groups is 2. The molecule has 0 radical (unpaired) electrons. The highest BCUT2D eigenvalue weighted by atomic mass is 35.5. The molecule has 2 heterocycles. The molecule has 0 fully saturated rings. The Bertz CT molecular complexity index is 1030. The molecule has 0 aliphatic rings. The first-order valence-electron chi connectivity index (χ1n) is 6.92. The van der Waals surface area contributed by atoms with Gasteiger partial charge in [-0.05, 0) is 23.8 Å². The molecule has 0 unspecified atom stereocenters. The summed E-state index contributed by atoms with van der Waals surface area (Å²) in [5, 5.41) is 10.4. The highest BCUT2D eigenvalue weighted by molar-refractivity contribution is 6.31. The SMILES string of the molecule is Cn1nnc2c(C(=O)Nc3cc(Cl)cc(COC=O)c3)ncn2c1=O. The molecule has 1 aromatic carbocycles. The third-order valence-corrected chi connectivity index (χ3v) is 3.47. The maximum absolute atomic E-state index is 12.4. The van der Waals surface area contributed by atoms with Gasteiger partial charge in [0.25, 0.3) is 12.4 Å². The number of benzene rings is 1. The fourth-order valence-corrected chi connectivity index (χ4v) is 2.43. The number of amides is 1. The summed E-state index contributed by atoms with van der Waals surface area (Å²) in [5.41, 5.74) is 0.466. The van der Waals surface area contributed by atoms with Crippen LogP contribution in [0, 0.1) is 0 Å². The van der Waals surface area contributed by atoms with Gasteiger partial charge < -0.3 is 10.1 Å². The molecule has 3 rings (SSSR count). The van der Waals surface area contributed by atoms with Crippen molar-refractivity contribution in [3.63, 3.8) is 0 Å². The molecular formula is C14H11ClN6O4. The average molecular weight is 363 g/mol. The zero-order chi connectivity index (χ0) is 18.0. The van der Waals surface area contributed by atoms with Crippen molar-refractivity contribution in [1.29, 1.82) is 0 Å². The lowest BCUT2D eigenvalue weighted by Crippen LogP contribution is -2.27. The van der Waals surface area contributed by atoms with Gasteiger partial charge in [-0.1, -0.05) is 16.8 Å². The highest BCUT2D eigenvalue weighted by Gasteiger charge is 2.17. The predicted octanol–water partition coefficient (Wildman–Crippen LogP) is 0.402. The number of hydrogen-bond acceptors (Lipinski definition) is 7. The second kappa shape index (κ2) is 6.69. The Morgan fingerprint density at radius 1 is 1.40 bits per heavy atom. The van der Waals surface area contributed by atoms with Crippen LogP contribution in [0.15, 0.2) is 29.3 Å². The van der Waals surface area contributed by atoms with Crippen LogP contribution in [0.5, 0.6) is 0 Å². The van der Waals surface area contributed by atoms with E-state index in [2.05, 4.69) is 25.3 Å². The Balaban J connectivity index is 1.90. The monoisotopic (exact) mass is 362 g/mol. The lowest BCUT2D eigenvalue weighted by Gasteiger charge is -2.07. The number of imidazole rings is 1. The van der Waals surface area contributed by atoms with Crippen molar-refractivity contribution < 1.29 is 14.3 Å². The minimum absolute atomic E-state index is 0.0157. The van der Waals surface area contributed by atoms with Gasteiger partial charge in [-0.2, -0.15) is 4.68 Å². The zero-order valence-corrected chi connectivity index (χ0v) is 13.6. The van der Waals surface area contributed by atoms with Gasteiger partial charge in [-0.3, -0.25) is 9.59 Å². The van der Waals surface area contributed by atoms with Crippen LogP contribution in [0.4, 0.5) is 5.69 Å². The van der Waals surface area contributed by atoms with E-state index < -0.39 is 11.6 Å². The molecule has 0 saturated carbocycles. The fraction of sp³-hybridized carbons (Fsp3) is 0.143. The Kier molecular flexibility index (Phi) is 4.44. The second-order valence-electron chi connectivity index (χ2n) is 4.99. The van der Waals surface area contributed by atoms with Crippen molar-refractivity contribution in [3.05, 3.63) is 51.3 Å². The van der Waals surface area contributed by atoms with E-state index in [-0.39, 0.29) is 17.9 Å². The van der Waals surface area contributed by atoms with Gasteiger partial charge in [0.1, 0.15) is 12.9 Å². The van der Waals surface area contributed by atoms with Crippen molar-refractivity contribution >= 4 is 35.3 Å². The first-order valence-corrected chi connectivity index (χ1v) is 7.30. The number of rotatable bonds is 5. The van der Waals surface area contributed by atoms with E-state index in [1.807, 2.05) is 0 Å². The number of fused-ring (bicyclic) bond motifs is 1. The summed E-state index contributed by atoms with van der Waals surface area (Å²) in [6.45, 7) is 0.331. The molecule has 10 nitrogen and oxygen atoms in total. The van der Waals surface area contributed by atoms with Crippen LogP contribution in [-0.4, -0.2) is 36.8 Å². The van der Waals surface area contributed by atoms with Crippen LogP contribution in [0.2, 0.25) is 5.02 Å². The topological polar surface area (TPSA) is 120 Å². The lowest BCUT2D eigenvalue weighted by atomic mass is 10.2. The van der Waals surface area contributed by atoms with Crippen molar-refractivity contribution in [2.75, 3.05) is 5.32 Å². The molecule has 25 heavy (non-hydrogen) atoms. The summed E-state index contributed by atoms with van der Waals surface area (Å²) in [5.74, 6) is -0.588. The lowest BCUT2D eigenvalue weighted by molar-refractivity contribution is -0.129. The molecule has 3 aromatic rings. The first kappa shape index (κ1) is 16.6. The van der Waals surface area contributed by atoms with E-state index in [0.717, 1.165) is 9.08 Å². The van der Waals surface area contributed by atoms with E-state index >= 15 is 0 Å². The van der Waals surface area contributed by atoms with E-state index in [1.54, 1.807) is 12.1 Å². The van der Waals surface area contributed by atoms with Gasteiger partial charge in [0.05, 0.1) is 0 Å². The van der Waals surface area contributed by atoms with Crippen LogP contribution in [0.1, 0.15) is 16.1 Å². The summed E-state index contributed by atoms with van der Waals surface area (Å²) < 4.78 is 6.80. The third-order valence-electron chi connectivity index (χ3n) is 3.25. The molecule has 0 bridgehead atoms. The van der Waals surface area contributed by atoms with Gasteiger partial charge >= 0.3 is 5.69 Å². The van der Waals surface area contributed by atoms with Gasteiger partial charge in [0.15, 0.2) is 11.3 Å². The Labute approximate surface area is 145 Å². The molecular weight excluding hydrogens is 352 g/mol. The van der Waals surface area contributed by atoms with E-state index in [1.165, 1.54) is 19.4 Å². The molecule has 0 saturated heterocycles. The summed E-state index contributed by atoms with van der Waals surface area (Å²) in [4.78, 5) is 38.5. The number of aromatic nitrogens is 5. The quantitative estimate of drug-likeness (QED) is 0.652. The molecule has 0 aliphatic heterocycles. The molecule has 0 atom stereocenters. The van der Waals surface area contributed by atoms with Crippen molar-refractivity contribution in [1.82, 2.24) is 24.4 Å². The minimum atomic E-state index is -0.588. The van der Waals surface area contributed by atoms with Crippen molar-refractivity contribution in [2.24, 2.45) is 7.05 Å². The third kappa shape index (κ3) is 3.33. The molecule has 128 valence electrons. The average Bonchev–Trinajstić information content (AvgIpc) is 3.00. The van der Waals surface area contributed by atoms with Crippen LogP contribution in [0.3, 0.4) is 0 Å². The molecule has 1 N–H and O–H groups in total. The maximum atomic E-state index is 12.4. The van der Waals surface area contributed by atoms with Gasteiger partial charge in [-0.15, -0.1) is 5.10 Å². The number of halogens is 1. The number of ether oxygens (including phenoxy) is 1. The molecule has 11 heteroatoms.